The molecule has 1 saturated heterocycles. The summed E-state index contributed by atoms with van der Waals surface area (Å²) in [6.45, 7) is 2.80. The summed E-state index contributed by atoms with van der Waals surface area (Å²) < 4.78 is 6.02. The van der Waals surface area contributed by atoms with Gasteiger partial charge in [-0.15, -0.1) is 0 Å². The molecule has 0 bridgehead atoms. The Kier molecular flexibility index (Phi) is 2.66. The molecule has 2 aliphatic rings. The largest absolute Gasteiger partial charge is 0.372 e. The standard InChI is InChI=1S/C10H17N3O/c1-8-2-4-10(6-8)5-3-9(14-10)7-12-13-11/h8-9H,2-7H2,1H3/t8-,9+,10-/m1/s1. The summed E-state index contributed by atoms with van der Waals surface area (Å²) >= 11 is 0. The van der Waals surface area contributed by atoms with Crippen LogP contribution in [0.4, 0.5) is 0 Å². The summed E-state index contributed by atoms with van der Waals surface area (Å²) in [5, 5.41) is 3.58. The van der Waals surface area contributed by atoms with E-state index in [2.05, 4.69) is 16.9 Å². The quantitative estimate of drug-likeness (QED) is 0.379. The molecule has 1 heterocycles. The van der Waals surface area contributed by atoms with Gasteiger partial charge in [0.05, 0.1) is 18.2 Å². The Balaban J connectivity index is 1.90. The number of nitrogens with zero attached hydrogens (tertiary/aromatic N) is 3. The van der Waals surface area contributed by atoms with Crippen LogP contribution >= 0.6 is 0 Å². The van der Waals surface area contributed by atoms with Crippen LogP contribution in [0, 0.1) is 5.92 Å². The van der Waals surface area contributed by atoms with Crippen molar-refractivity contribution in [3.05, 3.63) is 10.4 Å². The number of rotatable bonds is 2. The molecule has 0 N–H and O–H groups in total. The van der Waals surface area contributed by atoms with Crippen LogP contribution in [-0.4, -0.2) is 18.2 Å². The van der Waals surface area contributed by atoms with Crippen LogP contribution in [0.3, 0.4) is 0 Å². The summed E-state index contributed by atoms with van der Waals surface area (Å²) in [5.41, 5.74) is 8.38. The molecule has 1 aliphatic carbocycles. The van der Waals surface area contributed by atoms with Crippen LogP contribution in [0.15, 0.2) is 5.11 Å². The maximum atomic E-state index is 8.23. The SMILES string of the molecule is C[C@@H]1CC[C@@]2(CC[C@@H](CN=[N+]=[N-])O2)C1. The van der Waals surface area contributed by atoms with Gasteiger partial charge in [-0.3, -0.25) is 0 Å². The van der Waals surface area contributed by atoms with Gasteiger partial charge in [0, 0.05) is 4.91 Å². The highest BCUT2D eigenvalue weighted by Crippen LogP contribution is 2.45. The summed E-state index contributed by atoms with van der Waals surface area (Å²) in [7, 11) is 0. The highest BCUT2D eigenvalue weighted by molar-refractivity contribution is 4.95. The third kappa shape index (κ3) is 1.86. The van der Waals surface area contributed by atoms with Crippen molar-refractivity contribution in [1.29, 1.82) is 0 Å². The number of ether oxygens (including phenoxy) is 1. The van der Waals surface area contributed by atoms with E-state index in [9.17, 15) is 0 Å². The molecule has 3 atom stereocenters. The van der Waals surface area contributed by atoms with Crippen molar-refractivity contribution in [2.75, 3.05) is 6.54 Å². The van der Waals surface area contributed by atoms with Crippen molar-refractivity contribution >= 4 is 0 Å². The van der Waals surface area contributed by atoms with Crippen LogP contribution in [0.1, 0.15) is 39.0 Å². The van der Waals surface area contributed by atoms with Gasteiger partial charge in [0.1, 0.15) is 0 Å². The lowest BCUT2D eigenvalue weighted by Crippen LogP contribution is -2.26. The molecule has 1 spiro atoms. The van der Waals surface area contributed by atoms with Gasteiger partial charge in [-0.2, -0.15) is 0 Å². The Hall–Kier alpha value is -0.730. The fourth-order valence-electron chi connectivity index (χ4n) is 2.83. The first-order valence-electron chi connectivity index (χ1n) is 5.43. The van der Waals surface area contributed by atoms with Crippen molar-refractivity contribution in [3.8, 4) is 0 Å². The molecule has 4 heteroatoms. The monoisotopic (exact) mass is 195 g/mol. The van der Waals surface area contributed by atoms with Gasteiger partial charge in [-0.1, -0.05) is 12.0 Å². The molecular formula is C10H17N3O. The first-order valence-corrected chi connectivity index (χ1v) is 5.43. The average molecular weight is 195 g/mol. The molecule has 1 aliphatic heterocycles. The van der Waals surface area contributed by atoms with Gasteiger partial charge < -0.3 is 4.74 Å². The Morgan fingerprint density at radius 3 is 2.93 bits per heavy atom. The second-order valence-electron chi connectivity index (χ2n) is 4.72. The van der Waals surface area contributed by atoms with E-state index in [-0.39, 0.29) is 11.7 Å². The van der Waals surface area contributed by atoms with Crippen LogP contribution in [-0.2, 0) is 4.74 Å². The predicted octanol–water partition coefficient (Wildman–Crippen LogP) is 3.03. The normalized spacial score (nSPS) is 41.5. The molecule has 0 unspecified atom stereocenters. The Labute approximate surface area is 84.3 Å². The van der Waals surface area contributed by atoms with Gasteiger partial charge in [0.15, 0.2) is 0 Å². The minimum atomic E-state index is 0.148. The second-order valence-corrected chi connectivity index (χ2v) is 4.72. The molecule has 0 aromatic rings. The lowest BCUT2D eigenvalue weighted by atomic mass is 9.97. The molecule has 2 rings (SSSR count). The van der Waals surface area contributed by atoms with Crippen LogP contribution < -0.4 is 0 Å². The van der Waals surface area contributed by atoms with E-state index in [4.69, 9.17) is 10.3 Å². The third-order valence-electron chi connectivity index (χ3n) is 3.50. The number of hydrogen-bond donors (Lipinski definition) is 0. The highest BCUT2D eigenvalue weighted by Gasteiger charge is 2.44. The smallest absolute Gasteiger partial charge is 0.0689 e. The first-order chi connectivity index (χ1) is 6.74. The first kappa shape index (κ1) is 9.81. The molecule has 0 aromatic carbocycles. The van der Waals surface area contributed by atoms with Crippen molar-refractivity contribution in [3.63, 3.8) is 0 Å². The van der Waals surface area contributed by atoms with E-state index in [1.807, 2.05) is 0 Å². The molecule has 4 nitrogen and oxygen atoms in total. The Morgan fingerprint density at radius 1 is 1.50 bits per heavy atom. The van der Waals surface area contributed by atoms with E-state index >= 15 is 0 Å². The maximum Gasteiger partial charge on any atom is 0.0689 e. The molecule has 1 saturated carbocycles. The zero-order valence-electron chi connectivity index (χ0n) is 8.65. The Morgan fingerprint density at radius 2 is 2.29 bits per heavy atom. The van der Waals surface area contributed by atoms with Crippen LogP contribution in [0.2, 0.25) is 0 Å². The van der Waals surface area contributed by atoms with Gasteiger partial charge in [0.2, 0.25) is 0 Å². The van der Waals surface area contributed by atoms with Crippen molar-refractivity contribution < 1.29 is 4.74 Å². The van der Waals surface area contributed by atoms with Gasteiger partial charge in [-0.05, 0) is 43.6 Å². The van der Waals surface area contributed by atoms with E-state index in [0.717, 1.165) is 18.8 Å². The van der Waals surface area contributed by atoms with E-state index < -0.39 is 0 Å². The zero-order valence-corrected chi connectivity index (χ0v) is 8.65. The van der Waals surface area contributed by atoms with Crippen LogP contribution in [0.25, 0.3) is 10.4 Å². The summed E-state index contributed by atoms with van der Waals surface area (Å²) in [6.07, 6.45) is 6.07. The molecule has 14 heavy (non-hydrogen) atoms. The summed E-state index contributed by atoms with van der Waals surface area (Å²) in [4.78, 5) is 2.77. The fourth-order valence-corrected chi connectivity index (χ4v) is 2.83. The molecule has 78 valence electrons. The lowest BCUT2D eigenvalue weighted by molar-refractivity contribution is -0.0343. The van der Waals surface area contributed by atoms with Gasteiger partial charge in [-0.25, -0.2) is 0 Å². The van der Waals surface area contributed by atoms with E-state index in [1.54, 1.807) is 0 Å². The van der Waals surface area contributed by atoms with Crippen molar-refractivity contribution in [1.82, 2.24) is 0 Å². The lowest BCUT2D eigenvalue weighted by Gasteiger charge is -2.23. The summed E-state index contributed by atoms with van der Waals surface area (Å²) in [5.74, 6) is 0.799. The summed E-state index contributed by atoms with van der Waals surface area (Å²) in [6, 6.07) is 0. The van der Waals surface area contributed by atoms with Crippen molar-refractivity contribution in [2.24, 2.45) is 11.0 Å². The van der Waals surface area contributed by atoms with E-state index in [1.165, 1.54) is 19.3 Å². The predicted molar refractivity (Wildman–Crippen MR) is 53.9 cm³/mol. The maximum absolute atomic E-state index is 8.23. The van der Waals surface area contributed by atoms with E-state index in [0.29, 0.717) is 6.54 Å². The second kappa shape index (κ2) is 3.79. The van der Waals surface area contributed by atoms with Gasteiger partial charge >= 0.3 is 0 Å². The molecule has 0 aromatic heterocycles. The van der Waals surface area contributed by atoms with Crippen LogP contribution in [0.5, 0.6) is 0 Å². The zero-order chi connectivity index (χ0) is 10.0. The van der Waals surface area contributed by atoms with Crippen molar-refractivity contribution in [2.45, 2.75) is 50.7 Å². The molecule has 2 fully saturated rings. The Bertz CT molecular complexity index is 262. The topological polar surface area (TPSA) is 58.0 Å². The van der Waals surface area contributed by atoms with Gasteiger partial charge in [0.25, 0.3) is 0 Å². The number of hydrogen-bond acceptors (Lipinski definition) is 2. The third-order valence-corrected chi connectivity index (χ3v) is 3.50. The highest BCUT2D eigenvalue weighted by atomic mass is 16.5. The average Bonchev–Trinajstić information content (AvgIpc) is 2.72. The molecule has 0 amide bonds. The fraction of sp³-hybridized carbons (Fsp3) is 1.00. The molecular weight excluding hydrogens is 178 g/mol. The minimum absolute atomic E-state index is 0.148. The number of azide groups is 1. The minimum Gasteiger partial charge on any atom is -0.372 e. The molecule has 0 radical (unpaired) electrons.